The molecule has 0 fully saturated rings. The number of ether oxygens (including phenoxy) is 4. The Labute approximate surface area is 164 Å². The largest absolute Gasteiger partial charge is 0.482 e. The third kappa shape index (κ3) is 2.72. The zero-order chi connectivity index (χ0) is 19.3. The molecule has 28 heavy (non-hydrogen) atoms. The molecule has 7 nitrogen and oxygen atoms in total. The molecule has 0 N–H and O–H groups in total. The van der Waals surface area contributed by atoms with Gasteiger partial charge in [-0.15, -0.1) is 0 Å². The molecule has 0 bridgehead atoms. The Balaban J connectivity index is 1.54. The van der Waals surface area contributed by atoms with Crippen LogP contribution < -0.4 is 23.7 Å². The molecule has 144 valence electrons. The maximum Gasteiger partial charge on any atom is 0.293 e. The van der Waals surface area contributed by atoms with E-state index in [0.29, 0.717) is 34.3 Å². The van der Waals surface area contributed by atoms with Gasteiger partial charge in [0, 0.05) is 18.7 Å². The summed E-state index contributed by atoms with van der Waals surface area (Å²) in [4.78, 5) is 17.9. The van der Waals surface area contributed by atoms with Gasteiger partial charge in [0.1, 0.15) is 6.10 Å². The normalized spacial score (nSPS) is 20.6. The number of aromatic nitrogens is 1. The average Bonchev–Trinajstić information content (AvgIpc) is 3.28. The monoisotopic (exact) mass is 398 g/mol. The van der Waals surface area contributed by atoms with Crippen LogP contribution in [0.1, 0.15) is 13.8 Å². The molecule has 2 aromatic carbocycles. The van der Waals surface area contributed by atoms with Crippen molar-refractivity contribution in [3.05, 3.63) is 41.2 Å². The summed E-state index contributed by atoms with van der Waals surface area (Å²) in [6.45, 7) is 4.73. The molecule has 0 spiro atoms. The second kappa shape index (κ2) is 6.56. The first-order chi connectivity index (χ1) is 13.6. The Bertz CT molecular complexity index is 1150. The molecule has 1 aromatic heterocycles. The first-order valence-electron chi connectivity index (χ1n) is 9.08. The number of benzene rings is 2. The zero-order valence-corrected chi connectivity index (χ0v) is 16.2. The number of rotatable bonds is 2. The second-order valence-electron chi connectivity index (χ2n) is 6.56. The van der Waals surface area contributed by atoms with Crippen LogP contribution in [0.5, 0.6) is 23.0 Å². The third-order valence-electron chi connectivity index (χ3n) is 4.78. The molecule has 5 rings (SSSR count). The summed E-state index contributed by atoms with van der Waals surface area (Å²) in [6, 6.07) is 11.2. The van der Waals surface area contributed by atoms with E-state index in [0.717, 1.165) is 10.2 Å². The Hall–Kier alpha value is -3.00. The van der Waals surface area contributed by atoms with Crippen molar-refractivity contribution in [3.63, 3.8) is 0 Å². The van der Waals surface area contributed by atoms with E-state index in [1.54, 1.807) is 6.07 Å². The van der Waals surface area contributed by atoms with E-state index in [1.165, 1.54) is 11.3 Å². The van der Waals surface area contributed by atoms with E-state index < -0.39 is 12.2 Å². The van der Waals surface area contributed by atoms with Crippen LogP contribution in [0.4, 0.5) is 0 Å². The van der Waals surface area contributed by atoms with Gasteiger partial charge in [-0.1, -0.05) is 23.5 Å². The fraction of sp³-hybridized carbons (Fsp3) is 0.300. The number of hydrogen-bond acceptors (Lipinski definition) is 6. The molecule has 3 aromatic rings. The van der Waals surface area contributed by atoms with Crippen LogP contribution in [0.2, 0.25) is 0 Å². The minimum Gasteiger partial charge on any atom is -0.482 e. The number of carbonyl (C=O) groups is 1. The minimum absolute atomic E-state index is 0.229. The van der Waals surface area contributed by atoms with Gasteiger partial charge in [0.05, 0.1) is 10.2 Å². The van der Waals surface area contributed by atoms with Gasteiger partial charge in [0.25, 0.3) is 5.91 Å². The van der Waals surface area contributed by atoms with E-state index in [4.69, 9.17) is 18.9 Å². The number of carbonyl (C=O) groups excluding carboxylic acids is 1. The van der Waals surface area contributed by atoms with Gasteiger partial charge >= 0.3 is 0 Å². The number of hydrogen-bond donors (Lipinski definition) is 0. The van der Waals surface area contributed by atoms with E-state index in [-0.39, 0.29) is 12.7 Å². The Morgan fingerprint density at radius 3 is 2.61 bits per heavy atom. The number of aryl methyl sites for hydroxylation is 1. The quantitative estimate of drug-likeness (QED) is 0.663. The Kier molecular flexibility index (Phi) is 4.01. The SMILES string of the molecule is CCn1c(=NC(=O)C2Oc3ccccc3OC2C)sc2cc3c(cc21)OCO3. The van der Waals surface area contributed by atoms with Crippen LogP contribution in [0.25, 0.3) is 10.2 Å². The lowest BCUT2D eigenvalue weighted by molar-refractivity contribution is -0.130. The van der Waals surface area contributed by atoms with E-state index in [9.17, 15) is 4.79 Å². The van der Waals surface area contributed by atoms with Crippen molar-refractivity contribution in [2.24, 2.45) is 4.99 Å². The summed E-state index contributed by atoms with van der Waals surface area (Å²) < 4.78 is 25.6. The zero-order valence-electron chi connectivity index (χ0n) is 15.4. The van der Waals surface area contributed by atoms with Gasteiger partial charge < -0.3 is 23.5 Å². The van der Waals surface area contributed by atoms with E-state index in [2.05, 4.69) is 4.99 Å². The van der Waals surface area contributed by atoms with Crippen molar-refractivity contribution < 1.29 is 23.7 Å². The molecule has 0 saturated carbocycles. The molecule has 0 radical (unpaired) electrons. The number of thiazole rings is 1. The fourth-order valence-electron chi connectivity index (χ4n) is 3.40. The molecular formula is C20H18N2O5S. The summed E-state index contributed by atoms with van der Waals surface area (Å²) in [5, 5.41) is 0. The second-order valence-corrected chi connectivity index (χ2v) is 7.57. The van der Waals surface area contributed by atoms with E-state index in [1.807, 2.05) is 48.7 Å². The number of para-hydroxylation sites is 2. The van der Waals surface area contributed by atoms with Crippen molar-refractivity contribution >= 4 is 27.5 Å². The maximum atomic E-state index is 12.9. The summed E-state index contributed by atoms with van der Waals surface area (Å²) in [5.41, 5.74) is 0.961. The summed E-state index contributed by atoms with van der Waals surface area (Å²) in [7, 11) is 0. The molecular weight excluding hydrogens is 380 g/mol. The molecule has 2 unspecified atom stereocenters. The van der Waals surface area contributed by atoms with Crippen LogP contribution in [-0.4, -0.2) is 29.5 Å². The predicted octanol–water partition coefficient (Wildman–Crippen LogP) is 3.11. The number of amides is 1. The van der Waals surface area contributed by atoms with Crippen LogP contribution >= 0.6 is 11.3 Å². The average molecular weight is 398 g/mol. The highest BCUT2D eigenvalue weighted by atomic mass is 32.1. The van der Waals surface area contributed by atoms with Crippen molar-refractivity contribution in [3.8, 4) is 23.0 Å². The standard InChI is InChI=1S/C20H18N2O5S/c1-3-22-12-8-15-16(25-10-24-15)9-17(12)28-20(22)21-19(23)18-11(2)26-13-6-4-5-7-14(13)27-18/h4-9,11,18H,3,10H2,1-2H3. The third-order valence-corrected chi connectivity index (χ3v) is 5.83. The van der Waals surface area contributed by atoms with Crippen molar-refractivity contribution in [2.45, 2.75) is 32.6 Å². The topological polar surface area (TPSA) is 71.3 Å². The van der Waals surface area contributed by atoms with Crippen LogP contribution in [0.15, 0.2) is 41.4 Å². The van der Waals surface area contributed by atoms with Crippen molar-refractivity contribution in [1.29, 1.82) is 0 Å². The highest BCUT2D eigenvalue weighted by molar-refractivity contribution is 7.16. The molecule has 0 saturated heterocycles. The smallest absolute Gasteiger partial charge is 0.293 e. The van der Waals surface area contributed by atoms with Crippen LogP contribution in [-0.2, 0) is 11.3 Å². The van der Waals surface area contributed by atoms with Crippen molar-refractivity contribution in [1.82, 2.24) is 4.57 Å². The van der Waals surface area contributed by atoms with Gasteiger partial charge in [0.2, 0.25) is 12.9 Å². The lowest BCUT2D eigenvalue weighted by atomic mass is 10.1. The summed E-state index contributed by atoms with van der Waals surface area (Å²) in [6.07, 6.45) is -1.22. The highest BCUT2D eigenvalue weighted by Gasteiger charge is 2.34. The Morgan fingerprint density at radius 1 is 1.14 bits per heavy atom. The van der Waals surface area contributed by atoms with Gasteiger partial charge in [0.15, 0.2) is 27.8 Å². The van der Waals surface area contributed by atoms with Crippen LogP contribution in [0.3, 0.4) is 0 Å². The molecule has 0 aliphatic carbocycles. The lowest BCUT2D eigenvalue weighted by Gasteiger charge is -2.29. The summed E-state index contributed by atoms with van der Waals surface area (Å²) >= 11 is 1.44. The van der Waals surface area contributed by atoms with Gasteiger partial charge in [-0.3, -0.25) is 4.79 Å². The highest BCUT2D eigenvalue weighted by Crippen LogP contribution is 2.37. The maximum absolute atomic E-state index is 12.9. The molecule has 8 heteroatoms. The molecule has 1 amide bonds. The molecule has 3 heterocycles. The van der Waals surface area contributed by atoms with Gasteiger partial charge in [-0.2, -0.15) is 4.99 Å². The number of nitrogens with zero attached hydrogens (tertiary/aromatic N) is 2. The molecule has 2 aliphatic heterocycles. The van der Waals surface area contributed by atoms with Crippen LogP contribution in [0, 0.1) is 0 Å². The minimum atomic E-state index is -0.790. The van der Waals surface area contributed by atoms with E-state index >= 15 is 0 Å². The number of fused-ring (bicyclic) bond motifs is 3. The first-order valence-corrected chi connectivity index (χ1v) is 9.89. The van der Waals surface area contributed by atoms with Gasteiger partial charge in [-0.25, -0.2) is 0 Å². The van der Waals surface area contributed by atoms with Crippen molar-refractivity contribution in [2.75, 3.05) is 6.79 Å². The molecule has 2 atom stereocenters. The fourth-order valence-corrected chi connectivity index (χ4v) is 4.51. The summed E-state index contributed by atoms with van der Waals surface area (Å²) in [5.74, 6) is 2.25. The molecule has 2 aliphatic rings. The lowest BCUT2D eigenvalue weighted by Crippen LogP contribution is -2.43. The first kappa shape index (κ1) is 17.1. The predicted molar refractivity (Wildman–Crippen MR) is 103 cm³/mol. The van der Waals surface area contributed by atoms with Gasteiger partial charge in [-0.05, 0) is 26.0 Å². The Morgan fingerprint density at radius 2 is 1.86 bits per heavy atom.